The van der Waals surface area contributed by atoms with Crippen molar-refractivity contribution < 1.29 is 9.47 Å². The van der Waals surface area contributed by atoms with Gasteiger partial charge in [-0.25, -0.2) is 0 Å². The lowest BCUT2D eigenvalue weighted by Crippen LogP contribution is -2.45. The van der Waals surface area contributed by atoms with Gasteiger partial charge >= 0.3 is 0 Å². The van der Waals surface area contributed by atoms with E-state index < -0.39 is 0 Å². The Morgan fingerprint density at radius 1 is 1.35 bits per heavy atom. The van der Waals surface area contributed by atoms with E-state index in [1.165, 1.54) is 5.56 Å². The number of ether oxygens (including phenoxy) is 2. The first-order valence-electron chi connectivity index (χ1n) is 6.25. The van der Waals surface area contributed by atoms with Crippen LogP contribution >= 0.6 is 0 Å². The van der Waals surface area contributed by atoms with Gasteiger partial charge in [0.25, 0.3) is 0 Å². The molecule has 94 valence electrons. The Kier molecular flexibility index (Phi) is 4.98. The van der Waals surface area contributed by atoms with Crippen LogP contribution in [0, 0.1) is 0 Å². The van der Waals surface area contributed by atoms with Gasteiger partial charge in [-0.1, -0.05) is 30.3 Å². The van der Waals surface area contributed by atoms with Crippen molar-refractivity contribution in [3.63, 3.8) is 0 Å². The molecule has 3 heteroatoms. The van der Waals surface area contributed by atoms with Gasteiger partial charge in [-0.15, -0.1) is 0 Å². The first kappa shape index (κ1) is 12.6. The van der Waals surface area contributed by atoms with Crippen molar-refractivity contribution in [2.24, 2.45) is 0 Å². The number of rotatable bonds is 5. The SMILES string of the molecule is COCC[C@@H]1COCCN1Cc1ccccc1. The molecule has 17 heavy (non-hydrogen) atoms. The molecule has 3 nitrogen and oxygen atoms in total. The lowest BCUT2D eigenvalue weighted by molar-refractivity contribution is -0.0218. The van der Waals surface area contributed by atoms with Gasteiger partial charge in [0.15, 0.2) is 0 Å². The minimum atomic E-state index is 0.490. The fraction of sp³-hybridized carbons (Fsp3) is 0.571. The van der Waals surface area contributed by atoms with Gasteiger partial charge < -0.3 is 9.47 Å². The summed E-state index contributed by atoms with van der Waals surface area (Å²) < 4.78 is 10.7. The van der Waals surface area contributed by atoms with Crippen molar-refractivity contribution >= 4 is 0 Å². The quantitative estimate of drug-likeness (QED) is 0.778. The molecule has 0 unspecified atom stereocenters. The first-order valence-corrected chi connectivity index (χ1v) is 6.25. The Balaban J connectivity index is 1.92. The molecule has 0 radical (unpaired) electrons. The second-order valence-electron chi connectivity index (χ2n) is 4.47. The van der Waals surface area contributed by atoms with Crippen molar-refractivity contribution in [3.8, 4) is 0 Å². The van der Waals surface area contributed by atoms with E-state index in [-0.39, 0.29) is 0 Å². The van der Waals surface area contributed by atoms with Gasteiger partial charge in [0.2, 0.25) is 0 Å². The van der Waals surface area contributed by atoms with E-state index in [1.807, 2.05) is 0 Å². The number of nitrogens with zero attached hydrogens (tertiary/aromatic N) is 1. The molecule has 0 spiro atoms. The van der Waals surface area contributed by atoms with Gasteiger partial charge in [0.1, 0.15) is 0 Å². The molecule has 0 saturated carbocycles. The smallest absolute Gasteiger partial charge is 0.0623 e. The molecule has 2 rings (SSSR count). The van der Waals surface area contributed by atoms with E-state index in [0.29, 0.717) is 6.04 Å². The first-order chi connectivity index (χ1) is 8.40. The van der Waals surface area contributed by atoms with Crippen LogP contribution in [0.25, 0.3) is 0 Å². The Labute approximate surface area is 103 Å². The topological polar surface area (TPSA) is 21.7 Å². The predicted octanol–water partition coefficient (Wildman–Crippen LogP) is 1.92. The number of methoxy groups -OCH3 is 1. The monoisotopic (exact) mass is 235 g/mol. The van der Waals surface area contributed by atoms with Crippen LogP contribution in [0.4, 0.5) is 0 Å². The van der Waals surface area contributed by atoms with Crippen LogP contribution in [0.1, 0.15) is 12.0 Å². The highest BCUT2D eigenvalue weighted by molar-refractivity contribution is 5.14. The molecule has 0 aromatic heterocycles. The lowest BCUT2D eigenvalue weighted by Gasteiger charge is -2.35. The second kappa shape index (κ2) is 6.74. The largest absolute Gasteiger partial charge is 0.385 e. The van der Waals surface area contributed by atoms with Crippen LogP contribution in [0.5, 0.6) is 0 Å². The summed E-state index contributed by atoms with van der Waals surface area (Å²) in [7, 11) is 1.76. The van der Waals surface area contributed by atoms with Gasteiger partial charge in [-0.2, -0.15) is 0 Å². The number of hydrogen-bond donors (Lipinski definition) is 0. The molecule has 1 saturated heterocycles. The number of benzene rings is 1. The summed E-state index contributed by atoms with van der Waals surface area (Å²) in [5.41, 5.74) is 1.37. The third-order valence-electron chi connectivity index (χ3n) is 3.23. The standard InChI is InChI=1S/C14H21NO2/c1-16-9-7-14-12-17-10-8-15(14)11-13-5-3-2-4-6-13/h2-6,14H,7-12H2,1H3/t14-/m1/s1. The normalized spacial score (nSPS) is 21.6. The summed E-state index contributed by atoms with van der Waals surface area (Å²) in [6.07, 6.45) is 1.04. The van der Waals surface area contributed by atoms with E-state index >= 15 is 0 Å². The maximum absolute atomic E-state index is 5.55. The van der Waals surface area contributed by atoms with Crippen LogP contribution in [0.15, 0.2) is 30.3 Å². The molecule has 1 heterocycles. The summed E-state index contributed by atoms with van der Waals surface area (Å²) in [6.45, 7) is 4.51. The summed E-state index contributed by atoms with van der Waals surface area (Å²) >= 11 is 0. The molecule has 0 bridgehead atoms. The van der Waals surface area contributed by atoms with Gasteiger partial charge in [-0.05, 0) is 12.0 Å². The highest BCUT2D eigenvalue weighted by Crippen LogP contribution is 2.14. The average Bonchev–Trinajstić information content (AvgIpc) is 2.39. The zero-order valence-corrected chi connectivity index (χ0v) is 10.5. The molecule has 1 aliphatic heterocycles. The summed E-state index contributed by atoms with van der Waals surface area (Å²) in [5.74, 6) is 0. The minimum Gasteiger partial charge on any atom is -0.385 e. The molecule has 1 aliphatic rings. The highest BCUT2D eigenvalue weighted by Gasteiger charge is 2.22. The fourth-order valence-corrected chi connectivity index (χ4v) is 2.24. The Bertz CT molecular complexity index is 315. The lowest BCUT2D eigenvalue weighted by atomic mass is 10.1. The molecule has 0 N–H and O–H groups in total. The zero-order chi connectivity index (χ0) is 11.9. The third-order valence-corrected chi connectivity index (χ3v) is 3.23. The van der Waals surface area contributed by atoms with Crippen molar-refractivity contribution in [1.82, 2.24) is 4.90 Å². The van der Waals surface area contributed by atoms with Crippen molar-refractivity contribution in [2.75, 3.05) is 33.5 Å². The predicted molar refractivity (Wildman–Crippen MR) is 68.0 cm³/mol. The molecule has 0 amide bonds. The second-order valence-corrected chi connectivity index (χ2v) is 4.47. The molecular formula is C14H21NO2. The van der Waals surface area contributed by atoms with E-state index in [1.54, 1.807) is 7.11 Å². The minimum absolute atomic E-state index is 0.490. The number of morpholine rings is 1. The molecule has 1 aromatic carbocycles. The van der Waals surface area contributed by atoms with Crippen molar-refractivity contribution in [1.29, 1.82) is 0 Å². The van der Waals surface area contributed by atoms with Crippen LogP contribution in [-0.2, 0) is 16.0 Å². The van der Waals surface area contributed by atoms with Crippen LogP contribution < -0.4 is 0 Å². The fourth-order valence-electron chi connectivity index (χ4n) is 2.24. The molecule has 0 aliphatic carbocycles. The van der Waals surface area contributed by atoms with E-state index in [0.717, 1.165) is 39.3 Å². The molecular weight excluding hydrogens is 214 g/mol. The Morgan fingerprint density at radius 2 is 2.18 bits per heavy atom. The van der Waals surface area contributed by atoms with Crippen LogP contribution in [0.3, 0.4) is 0 Å². The average molecular weight is 235 g/mol. The Morgan fingerprint density at radius 3 is 2.94 bits per heavy atom. The summed E-state index contributed by atoms with van der Waals surface area (Å²) in [6, 6.07) is 11.1. The van der Waals surface area contributed by atoms with E-state index in [4.69, 9.17) is 9.47 Å². The molecule has 1 atom stereocenters. The van der Waals surface area contributed by atoms with Crippen molar-refractivity contribution in [3.05, 3.63) is 35.9 Å². The van der Waals surface area contributed by atoms with Gasteiger partial charge in [0.05, 0.1) is 13.2 Å². The van der Waals surface area contributed by atoms with E-state index in [2.05, 4.69) is 35.2 Å². The van der Waals surface area contributed by atoms with E-state index in [9.17, 15) is 0 Å². The maximum atomic E-state index is 5.55. The van der Waals surface area contributed by atoms with Gasteiger partial charge in [0, 0.05) is 32.8 Å². The highest BCUT2D eigenvalue weighted by atomic mass is 16.5. The van der Waals surface area contributed by atoms with Crippen LogP contribution in [-0.4, -0.2) is 44.4 Å². The number of hydrogen-bond acceptors (Lipinski definition) is 3. The van der Waals surface area contributed by atoms with Crippen molar-refractivity contribution in [2.45, 2.75) is 19.0 Å². The Hall–Kier alpha value is -0.900. The zero-order valence-electron chi connectivity index (χ0n) is 10.5. The van der Waals surface area contributed by atoms with Crippen LogP contribution in [0.2, 0.25) is 0 Å². The summed E-state index contributed by atoms with van der Waals surface area (Å²) in [5, 5.41) is 0. The summed E-state index contributed by atoms with van der Waals surface area (Å²) in [4.78, 5) is 2.50. The third kappa shape index (κ3) is 3.80. The maximum Gasteiger partial charge on any atom is 0.0623 e. The van der Waals surface area contributed by atoms with Gasteiger partial charge in [-0.3, -0.25) is 4.90 Å². The molecule has 1 aromatic rings. The molecule has 1 fully saturated rings.